The number of hydrogen-bond donors (Lipinski definition) is 0. The molecule has 0 aliphatic rings. The molecule has 0 aromatic heterocycles. The second kappa shape index (κ2) is 22.8. The smallest absolute Gasteiger partial charge is 0.259 e. The second-order valence-corrected chi connectivity index (χ2v) is 14.8. The number of ether oxygens (including phenoxy) is 3. The summed E-state index contributed by atoms with van der Waals surface area (Å²) in [6.45, 7) is 11.6. The maximum atomic E-state index is 9.30. The quantitative estimate of drug-likeness (QED) is 0.0494. The second-order valence-electron chi connectivity index (χ2n) is 13.4. The highest BCUT2D eigenvalue weighted by atomic mass is 31.2. The summed E-state index contributed by atoms with van der Waals surface area (Å²) in [5.74, 6) is 1.56. The lowest BCUT2D eigenvalue weighted by atomic mass is 9.80. The van der Waals surface area contributed by atoms with E-state index in [1.54, 1.807) is 14.2 Å². The van der Waals surface area contributed by atoms with E-state index in [1.807, 2.05) is 30.3 Å². The fourth-order valence-corrected chi connectivity index (χ4v) is 8.11. The molecule has 2 atom stereocenters. The van der Waals surface area contributed by atoms with Gasteiger partial charge in [0.25, 0.3) is 8.53 Å². The fraction of sp³-hybridized carbons (Fsp3) is 0.548. The Labute approximate surface area is 304 Å². The first-order chi connectivity index (χ1) is 24.3. The number of rotatable bonds is 25. The van der Waals surface area contributed by atoms with E-state index in [4.69, 9.17) is 23.3 Å². The Kier molecular flexibility index (Phi) is 18.9. The van der Waals surface area contributed by atoms with Crippen LogP contribution in [0.25, 0.3) is 0 Å². The maximum absolute atomic E-state index is 9.30. The molecule has 0 aliphatic heterocycles. The van der Waals surface area contributed by atoms with Gasteiger partial charge in [0.2, 0.25) is 0 Å². The molecule has 0 radical (unpaired) electrons. The molecule has 3 aromatic carbocycles. The average molecular weight is 705 g/mol. The Bertz CT molecular complexity index is 1310. The van der Waals surface area contributed by atoms with Crippen LogP contribution >= 0.6 is 8.53 Å². The van der Waals surface area contributed by atoms with Gasteiger partial charge in [0.15, 0.2) is 0 Å². The highest BCUT2D eigenvalue weighted by Crippen LogP contribution is 2.48. The first-order valence-corrected chi connectivity index (χ1v) is 19.7. The Morgan fingerprint density at radius 3 is 1.68 bits per heavy atom. The standard InChI is InChI=1S/C42H61N2O5P/c1-8-9-10-11-12-13-14-18-22-41(49-50(48-32-19-31-43)44(34(2)3)35(4)5)33-47-42(36-20-16-15-17-21-36,37-23-27-39(45-6)28-24-37)38-25-29-40(46-7)30-26-38/h15-17,20-21,23-30,34-35,41H,8-14,18-19,22,32-33H2,1-7H3. The van der Waals surface area contributed by atoms with Crippen molar-refractivity contribution in [2.75, 3.05) is 27.4 Å². The Balaban J connectivity index is 2.03. The lowest BCUT2D eigenvalue weighted by Crippen LogP contribution is -2.38. The number of benzene rings is 3. The van der Waals surface area contributed by atoms with Crippen LogP contribution in [0.5, 0.6) is 11.5 Å². The van der Waals surface area contributed by atoms with E-state index in [1.165, 1.54) is 38.5 Å². The number of nitrogens with zero attached hydrogens (tertiary/aromatic N) is 2. The molecule has 0 spiro atoms. The third-order valence-corrected chi connectivity index (χ3v) is 11.1. The van der Waals surface area contributed by atoms with Crippen molar-refractivity contribution in [1.82, 2.24) is 4.67 Å². The van der Waals surface area contributed by atoms with Crippen LogP contribution < -0.4 is 9.47 Å². The largest absolute Gasteiger partial charge is 0.497 e. The molecule has 0 aliphatic carbocycles. The van der Waals surface area contributed by atoms with Gasteiger partial charge in [0.1, 0.15) is 17.1 Å². The summed E-state index contributed by atoms with van der Waals surface area (Å²) in [5.41, 5.74) is 2.04. The van der Waals surface area contributed by atoms with Crippen molar-refractivity contribution in [3.63, 3.8) is 0 Å². The predicted molar refractivity (Wildman–Crippen MR) is 206 cm³/mol. The van der Waals surface area contributed by atoms with Crippen molar-refractivity contribution >= 4 is 8.53 Å². The van der Waals surface area contributed by atoms with E-state index in [0.717, 1.165) is 47.5 Å². The van der Waals surface area contributed by atoms with Gasteiger partial charge in [-0.25, -0.2) is 4.67 Å². The van der Waals surface area contributed by atoms with Gasteiger partial charge < -0.3 is 23.3 Å². The van der Waals surface area contributed by atoms with Crippen molar-refractivity contribution in [3.05, 3.63) is 95.6 Å². The maximum Gasteiger partial charge on any atom is 0.259 e. The van der Waals surface area contributed by atoms with Gasteiger partial charge >= 0.3 is 0 Å². The zero-order chi connectivity index (χ0) is 36.2. The Morgan fingerprint density at radius 2 is 1.20 bits per heavy atom. The number of nitriles is 1. The summed E-state index contributed by atoms with van der Waals surface area (Å²) in [4.78, 5) is 0. The molecular formula is C42H61N2O5P. The topological polar surface area (TPSA) is 73.2 Å². The van der Waals surface area contributed by atoms with Gasteiger partial charge in [-0.15, -0.1) is 0 Å². The molecule has 0 N–H and O–H groups in total. The van der Waals surface area contributed by atoms with Gasteiger partial charge in [-0.05, 0) is 75.1 Å². The normalized spacial score (nSPS) is 13.1. The highest BCUT2D eigenvalue weighted by Gasteiger charge is 2.39. The van der Waals surface area contributed by atoms with Crippen LogP contribution in [-0.2, 0) is 19.4 Å². The number of methoxy groups -OCH3 is 2. The first kappa shape index (κ1) is 41.4. The van der Waals surface area contributed by atoms with E-state index in [0.29, 0.717) is 19.6 Å². The zero-order valence-corrected chi connectivity index (χ0v) is 32.5. The molecule has 3 rings (SSSR count). The van der Waals surface area contributed by atoms with Gasteiger partial charge in [0.05, 0.1) is 46.0 Å². The van der Waals surface area contributed by atoms with Gasteiger partial charge in [-0.1, -0.05) is 113 Å². The van der Waals surface area contributed by atoms with E-state index < -0.39 is 14.1 Å². The van der Waals surface area contributed by atoms with Crippen LogP contribution in [0.3, 0.4) is 0 Å². The van der Waals surface area contributed by atoms with Crippen molar-refractivity contribution < 1.29 is 23.3 Å². The molecule has 0 saturated carbocycles. The SMILES string of the molecule is CCCCCCCCCCC(COC(c1ccccc1)(c1ccc(OC)cc1)c1ccc(OC)cc1)OP(OCCC#N)N(C(C)C)C(C)C. The molecule has 8 heteroatoms. The van der Waals surface area contributed by atoms with Gasteiger partial charge in [-0.3, -0.25) is 0 Å². The highest BCUT2D eigenvalue weighted by molar-refractivity contribution is 7.44. The zero-order valence-electron chi connectivity index (χ0n) is 31.6. The summed E-state index contributed by atoms with van der Waals surface area (Å²) in [6, 6.07) is 29.3. The summed E-state index contributed by atoms with van der Waals surface area (Å²) in [5, 5.41) is 9.30. The minimum atomic E-state index is -1.44. The van der Waals surface area contributed by atoms with Crippen molar-refractivity contribution in [1.29, 1.82) is 5.26 Å². The molecule has 50 heavy (non-hydrogen) atoms. The van der Waals surface area contributed by atoms with E-state index in [9.17, 15) is 5.26 Å². The molecular weight excluding hydrogens is 643 g/mol. The molecule has 0 bridgehead atoms. The molecule has 274 valence electrons. The van der Waals surface area contributed by atoms with Gasteiger partial charge in [-0.2, -0.15) is 5.26 Å². The minimum Gasteiger partial charge on any atom is -0.497 e. The number of unbranched alkanes of at least 4 members (excludes halogenated alkanes) is 7. The van der Waals surface area contributed by atoms with Crippen LogP contribution in [-0.4, -0.2) is 50.3 Å². The van der Waals surface area contributed by atoms with Crippen molar-refractivity contribution in [2.45, 2.75) is 123 Å². The summed E-state index contributed by atoms with van der Waals surface area (Å²) in [7, 11) is 1.92. The molecule has 2 unspecified atom stereocenters. The minimum absolute atomic E-state index is 0.204. The molecule has 0 fully saturated rings. The van der Waals surface area contributed by atoms with E-state index in [-0.39, 0.29) is 18.2 Å². The third-order valence-electron chi connectivity index (χ3n) is 8.94. The van der Waals surface area contributed by atoms with Crippen molar-refractivity contribution in [3.8, 4) is 17.6 Å². The first-order valence-electron chi connectivity index (χ1n) is 18.5. The Morgan fingerprint density at radius 1 is 0.700 bits per heavy atom. The van der Waals surface area contributed by atoms with Gasteiger partial charge in [0, 0.05) is 12.1 Å². The molecule has 3 aromatic rings. The predicted octanol–water partition coefficient (Wildman–Crippen LogP) is 11.2. The molecule has 0 saturated heterocycles. The lowest BCUT2D eigenvalue weighted by Gasteiger charge is -2.39. The molecule has 7 nitrogen and oxygen atoms in total. The van der Waals surface area contributed by atoms with Crippen LogP contribution in [0.1, 0.15) is 116 Å². The lowest BCUT2D eigenvalue weighted by molar-refractivity contribution is -0.0367. The summed E-state index contributed by atoms with van der Waals surface area (Å²) >= 11 is 0. The van der Waals surface area contributed by atoms with Crippen molar-refractivity contribution in [2.24, 2.45) is 0 Å². The van der Waals surface area contributed by atoms with E-state index in [2.05, 4.69) is 93.9 Å². The monoisotopic (exact) mass is 704 g/mol. The Hall–Kier alpha value is -2.98. The van der Waals surface area contributed by atoms with Crippen LogP contribution in [0.4, 0.5) is 0 Å². The molecule has 0 amide bonds. The summed E-state index contributed by atoms with van der Waals surface area (Å²) < 4.78 is 34.1. The fourth-order valence-electron chi connectivity index (χ4n) is 6.39. The van der Waals surface area contributed by atoms with Crippen LogP contribution in [0, 0.1) is 11.3 Å². The van der Waals surface area contributed by atoms with E-state index >= 15 is 0 Å². The van der Waals surface area contributed by atoms with Crippen LogP contribution in [0.15, 0.2) is 78.9 Å². The third kappa shape index (κ3) is 12.4. The molecule has 0 heterocycles. The van der Waals surface area contributed by atoms with Crippen LogP contribution in [0.2, 0.25) is 0 Å². The summed E-state index contributed by atoms with van der Waals surface area (Å²) in [6.07, 6.45) is 10.8. The average Bonchev–Trinajstić information content (AvgIpc) is 3.13. The number of hydrogen-bond acceptors (Lipinski definition) is 7.